The second kappa shape index (κ2) is 5.69. The summed E-state index contributed by atoms with van der Waals surface area (Å²) >= 11 is 0. The number of carbonyl (C=O) groups excluding carboxylic acids is 1. The van der Waals surface area contributed by atoms with Crippen LogP contribution in [0.3, 0.4) is 0 Å². The minimum atomic E-state index is 0.00330. The average Bonchev–Trinajstić information content (AvgIpc) is 2.46. The number of hydrogen-bond donors (Lipinski definition) is 2. The van der Waals surface area contributed by atoms with E-state index in [4.69, 9.17) is 10.9 Å². The Morgan fingerprint density at radius 1 is 1.53 bits per heavy atom. The van der Waals surface area contributed by atoms with E-state index >= 15 is 0 Å². The van der Waals surface area contributed by atoms with Crippen LogP contribution in [0.5, 0.6) is 0 Å². The second-order valence-corrected chi connectivity index (χ2v) is 4.73. The number of hydrogen-bond acceptors (Lipinski definition) is 4. The van der Waals surface area contributed by atoms with E-state index in [1.54, 1.807) is 23.2 Å². The number of nitrogens with zero attached hydrogens (tertiary/aromatic N) is 3. The van der Waals surface area contributed by atoms with E-state index in [0.717, 1.165) is 18.5 Å². The maximum absolute atomic E-state index is 12.3. The van der Waals surface area contributed by atoms with Crippen molar-refractivity contribution in [1.29, 1.82) is 0 Å². The van der Waals surface area contributed by atoms with Crippen LogP contribution in [0.1, 0.15) is 28.9 Å². The zero-order valence-electron chi connectivity index (χ0n) is 10.9. The fourth-order valence-electron chi connectivity index (χ4n) is 2.34. The van der Waals surface area contributed by atoms with Crippen molar-refractivity contribution in [2.75, 3.05) is 13.1 Å². The van der Waals surface area contributed by atoms with Crippen LogP contribution in [0, 0.1) is 12.8 Å². The third-order valence-corrected chi connectivity index (χ3v) is 3.55. The number of amides is 1. The summed E-state index contributed by atoms with van der Waals surface area (Å²) in [5.74, 6) is 0.317. The summed E-state index contributed by atoms with van der Waals surface area (Å²) in [7, 11) is 0. The van der Waals surface area contributed by atoms with Crippen LogP contribution < -0.4 is 5.73 Å². The van der Waals surface area contributed by atoms with Crippen molar-refractivity contribution in [3.8, 4) is 0 Å². The van der Waals surface area contributed by atoms with E-state index in [9.17, 15) is 4.79 Å². The van der Waals surface area contributed by atoms with Crippen molar-refractivity contribution in [3.63, 3.8) is 0 Å². The quantitative estimate of drug-likeness (QED) is 0.360. The van der Waals surface area contributed by atoms with Crippen LogP contribution in [-0.4, -0.2) is 39.9 Å². The molecule has 0 saturated carbocycles. The van der Waals surface area contributed by atoms with Crippen LogP contribution in [0.2, 0.25) is 0 Å². The van der Waals surface area contributed by atoms with Crippen LogP contribution in [0.15, 0.2) is 23.5 Å². The largest absolute Gasteiger partial charge is 0.409 e. The Balaban J connectivity index is 2.02. The number of aromatic nitrogens is 1. The number of amidine groups is 1. The van der Waals surface area contributed by atoms with E-state index in [-0.39, 0.29) is 17.7 Å². The number of likely N-dealkylation sites (tertiary alicyclic amines) is 1. The fourth-order valence-corrected chi connectivity index (χ4v) is 2.34. The highest BCUT2D eigenvalue weighted by Gasteiger charge is 2.26. The van der Waals surface area contributed by atoms with Crippen molar-refractivity contribution in [2.45, 2.75) is 19.8 Å². The van der Waals surface area contributed by atoms with Crippen molar-refractivity contribution in [3.05, 3.63) is 29.6 Å². The van der Waals surface area contributed by atoms with Gasteiger partial charge < -0.3 is 15.8 Å². The van der Waals surface area contributed by atoms with Crippen LogP contribution in [0.25, 0.3) is 0 Å². The van der Waals surface area contributed by atoms with E-state index in [1.165, 1.54) is 0 Å². The molecule has 1 aliphatic heterocycles. The van der Waals surface area contributed by atoms with Gasteiger partial charge in [0.1, 0.15) is 5.84 Å². The fraction of sp³-hybridized carbons (Fsp3) is 0.462. The topological polar surface area (TPSA) is 91.8 Å². The summed E-state index contributed by atoms with van der Waals surface area (Å²) in [6.45, 7) is 3.07. The zero-order chi connectivity index (χ0) is 13.8. The first kappa shape index (κ1) is 13.3. The molecule has 0 aliphatic carbocycles. The summed E-state index contributed by atoms with van der Waals surface area (Å²) < 4.78 is 0. The van der Waals surface area contributed by atoms with E-state index in [0.29, 0.717) is 18.7 Å². The first-order chi connectivity index (χ1) is 9.13. The molecule has 1 aliphatic rings. The molecule has 0 aromatic carbocycles. The Labute approximate surface area is 111 Å². The number of carbonyl (C=O) groups is 1. The number of pyridine rings is 1. The minimum absolute atomic E-state index is 0.00330. The van der Waals surface area contributed by atoms with Gasteiger partial charge in [-0.3, -0.25) is 9.78 Å². The molecule has 1 saturated heterocycles. The predicted octanol–water partition coefficient (Wildman–Crippen LogP) is 0.989. The lowest BCUT2D eigenvalue weighted by Crippen LogP contribution is -2.42. The van der Waals surface area contributed by atoms with Gasteiger partial charge in [-0.2, -0.15) is 0 Å². The third-order valence-electron chi connectivity index (χ3n) is 3.55. The smallest absolute Gasteiger partial charge is 0.255 e. The van der Waals surface area contributed by atoms with E-state index < -0.39 is 0 Å². The molecule has 0 atom stereocenters. The molecule has 1 amide bonds. The van der Waals surface area contributed by atoms with Crippen LogP contribution in [0.4, 0.5) is 0 Å². The number of nitrogens with two attached hydrogens (primary N) is 1. The lowest BCUT2D eigenvalue weighted by atomic mass is 9.95. The van der Waals surface area contributed by atoms with Gasteiger partial charge in [0.25, 0.3) is 5.91 Å². The molecule has 19 heavy (non-hydrogen) atoms. The normalized spacial score (nSPS) is 17.5. The number of piperidine rings is 1. The summed E-state index contributed by atoms with van der Waals surface area (Å²) in [6, 6.07) is 3.56. The molecule has 6 nitrogen and oxygen atoms in total. The van der Waals surface area contributed by atoms with Gasteiger partial charge in [0.15, 0.2) is 0 Å². The first-order valence-corrected chi connectivity index (χ1v) is 6.31. The van der Waals surface area contributed by atoms with Gasteiger partial charge in [-0.15, -0.1) is 0 Å². The Bertz CT molecular complexity index is 493. The van der Waals surface area contributed by atoms with Gasteiger partial charge in [-0.25, -0.2) is 0 Å². The highest BCUT2D eigenvalue weighted by molar-refractivity contribution is 5.95. The van der Waals surface area contributed by atoms with Gasteiger partial charge in [0.05, 0.1) is 5.56 Å². The maximum atomic E-state index is 12.3. The molecular formula is C13H18N4O2. The lowest BCUT2D eigenvalue weighted by Gasteiger charge is -2.31. The highest BCUT2D eigenvalue weighted by atomic mass is 16.4. The SMILES string of the molecule is Cc1ncccc1C(=O)N1CCC(C(N)=NO)CC1. The third kappa shape index (κ3) is 2.83. The standard InChI is InChI=1S/C13H18N4O2/c1-9-11(3-2-6-15-9)13(18)17-7-4-10(5-8-17)12(14)16-19/h2-3,6,10,19H,4-5,7-8H2,1H3,(H2,14,16). The number of oxime groups is 1. The Morgan fingerprint density at radius 2 is 2.21 bits per heavy atom. The second-order valence-electron chi connectivity index (χ2n) is 4.73. The summed E-state index contributed by atoms with van der Waals surface area (Å²) in [5, 5.41) is 11.7. The van der Waals surface area contributed by atoms with Gasteiger partial charge in [0.2, 0.25) is 0 Å². The Kier molecular flexibility index (Phi) is 3.99. The van der Waals surface area contributed by atoms with Crippen molar-refractivity contribution in [1.82, 2.24) is 9.88 Å². The first-order valence-electron chi connectivity index (χ1n) is 6.31. The molecule has 1 fully saturated rings. The summed E-state index contributed by atoms with van der Waals surface area (Å²) in [6.07, 6.45) is 3.12. The molecule has 1 aromatic rings. The van der Waals surface area contributed by atoms with Crippen molar-refractivity contribution >= 4 is 11.7 Å². The molecule has 0 spiro atoms. The van der Waals surface area contributed by atoms with Gasteiger partial charge in [-0.05, 0) is 31.9 Å². The molecule has 2 heterocycles. The molecule has 2 rings (SSSR count). The molecule has 6 heteroatoms. The Hall–Kier alpha value is -2.11. The van der Waals surface area contributed by atoms with Crippen molar-refractivity contribution < 1.29 is 10.0 Å². The van der Waals surface area contributed by atoms with Crippen LogP contribution in [-0.2, 0) is 0 Å². The molecule has 102 valence electrons. The molecule has 1 aromatic heterocycles. The van der Waals surface area contributed by atoms with Crippen molar-refractivity contribution in [2.24, 2.45) is 16.8 Å². The average molecular weight is 262 g/mol. The summed E-state index contributed by atoms with van der Waals surface area (Å²) in [4.78, 5) is 18.3. The summed E-state index contributed by atoms with van der Waals surface area (Å²) in [5.41, 5.74) is 6.98. The molecule has 3 N–H and O–H groups in total. The van der Waals surface area contributed by atoms with Gasteiger partial charge >= 0.3 is 0 Å². The molecular weight excluding hydrogens is 244 g/mol. The minimum Gasteiger partial charge on any atom is -0.409 e. The monoisotopic (exact) mass is 262 g/mol. The molecule has 0 unspecified atom stereocenters. The molecule has 0 bridgehead atoms. The van der Waals surface area contributed by atoms with E-state index in [2.05, 4.69) is 10.1 Å². The number of aryl methyl sites for hydroxylation is 1. The van der Waals surface area contributed by atoms with Crippen LogP contribution >= 0.6 is 0 Å². The number of rotatable bonds is 2. The highest BCUT2D eigenvalue weighted by Crippen LogP contribution is 2.19. The van der Waals surface area contributed by atoms with Gasteiger partial charge in [-0.1, -0.05) is 5.16 Å². The Morgan fingerprint density at radius 3 is 2.79 bits per heavy atom. The van der Waals surface area contributed by atoms with E-state index in [1.807, 2.05) is 6.92 Å². The van der Waals surface area contributed by atoms with Gasteiger partial charge in [0, 0.05) is 30.9 Å². The zero-order valence-corrected chi connectivity index (χ0v) is 10.9. The maximum Gasteiger partial charge on any atom is 0.255 e. The predicted molar refractivity (Wildman–Crippen MR) is 71.0 cm³/mol. The molecule has 0 radical (unpaired) electrons. The lowest BCUT2D eigenvalue weighted by molar-refractivity contribution is 0.0708.